The number of hydrogen-bond donors (Lipinski definition) is 2. The van der Waals surface area contributed by atoms with Crippen molar-refractivity contribution in [1.29, 1.82) is 0 Å². The normalized spacial score (nSPS) is 20.2. The van der Waals surface area contributed by atoms with Gasteiger partial charge in [-0.05, 0) is 85.0 Å². The van der Waals surface area contributed by atoms with Crippen molar-refractivity contribution >= 4 is 12.4 Å². The molecule has 1 aliphatic heterocycles. The topological polar surface area (TPSA) is 102 Å². The number of benzene rings is 4. The van der Waals surface area contributed by atoms with Gasteiger partial charge in [-0.25, -0.2) is 0 Å². The predicted octanol–water partition coefficient (Wildman–Crippen LogP) is 10.3. The van der Waals surface area contributed by atoms with Crippen LogP contribution in [0.25, 0.3) is 0 Å². The minimum atomic E-state index is -0.830. The molecule has 0 aromatic heterocycles. The van der Waals surface area contributed by atoms with Gasteiger partial charge in [-0.2, -0.15) is 0 Å². The van der Waals surface area contributed by atoms with E-state index in [0.717, 1.165) is 22.3 Å². The van der Waals surface area contributed by atoms with Gasteiger partial charge in [0.05, 0.1) is 50.8 Å². The van der Waals surface area contributed by atoms with Crippen LogP contribution >= 0.6 is 0 Å². The zero-order valence-corrected chi connectivity index (χ0v) is 35.1. The van der Waals surface area contributed by atoms with Crippen molar-refractivity contribution in [3.63, 3.8) is 0 Å². The van der Waals surface area contributed by atoms with Gasteiger partial charge in [0.25, 0.3) is 0 Å². The lowest BCUT2D eigenvalue weighted by Gasteiger charge is -2.30. The fourth-order valence-corrected chi connectivity index (χ4v) is 6.80. The van der Waals surface area contributed by atoms with Crippen molar-refractivity contribution in [2.75, 3.05) is 39.6 Å². The van der Waals surface area contributed by atoms with Gasteiger partial charge in [-0.1, -0.05) is 102 Å². The molecule has 56 heavy (non-hydrogen) atoms. The molecule has 8 nitrogen and oxygen atoms in total. The number of phenols is 2. The van der Waals surface area contributed by atoms with Gasteiger partial charge in [-0.15, -0.1) is 0 Å². The number of nitrogens with zero attached hydrogens (tertiary/aromatic N) is 2. The van der Waals surface area contributed by atoms with Crippen LogP contribution in [0.1, 0.15) is 126 Å². The van der Waals surface area contributed by atoms with E-state index in [-0.39, 0.29) is 22.3 Å². The van der Waals surface area contributed by atoms with Gasteiger partial charge in [0.15, 0.2) is 0 Å². The van der Waals surface area contributed by atoms with Gasteiger partial charge >= 0.3 is 0 Å². The van der Waals surface area contributed by atoms with E-state index in [2.05, 4.69) is 65.8 Å². The third kappa shape index (κ3) is 10.7. The summed E-state index contributed by atoms with van der Waals surface area (Å²) in [5.41, 5.74) is 4.43. The second-order valence-electron chi connectivity index (χ2n) is 17.6. The molecule has 2 N–H and O–H groups in total. The van der Waals surface area contributed by atoms with E-state index in [9.17, 15) is 10.2 Å². The third-order valence-electron chi connectivity index (χ3n) is 10.4. The Hall–Kier alpha value is -4.34. The number of aliphatic imine (C=N–C) groups is 2. The third-order valence-corrected chi connectivity index (χ3v) is 10.4. The Balaban J connectivity index is 1.73. The Morgan fingerprint density at radius 3 is 1.20 bits per heavy atom. The number of phenolic OH excluding ortho intramolecular Hbond substituents is 2. The van der Waals surface area contributed by atoms with Gasteiger partial charge in [0.1, 0.15) is 23.6 Å². The van der Waals surface area contributed by atoms with Crippen molar-refractivity contribution < 1.29 is 29.2 Å². The van der Waals surface area contributed by atoms with Crippen molar-refractivity contribution in [3.05, 3.63) is 129 Å². The van der Waals surface area contributed by atoms with Crippen LogP contribution in [0.2, 0.25) is 0 Å². The predicted molar refractivity (Wildman–Crippen MR) is 227 cm³/mol. The molecule has 4 bridgehead atoms. The van der Waals surface area contributed by atoms with E-state index < -0.39 is 23.3 Å². The molecule has 0 saturated carbocycles. The lowest BCUT2D eigenvalue weighted by molar-refractivity contribution is -0.0686. The first-order chi connectivity index (χ1) is 26.4. The summed E-state index contributed by atoms with van der Waals surface area (Å²) >= 11 is 0. The number of fused-ring (bicyclic) bond motifs is 4. The van der Waals surface area contributed by atoms with E-state index in [4.69, 9.17) is 28.9 Å². The summed E-state index contributed by atoms with van der Waals surface area (Å²) in [6.07, 6.45) is 3.54. The van der Waals surface area contributed by atoms with E-state index >= 15 is 0 Å². The zero-order chi connectivity index (χ0) is 40.7. The van der Waals surface area contributed by atoms with Crippen LogP contribution in [0.5, 0.6) is 11.5 Å². The molecule has 0 unspecified atom stereocenters. The molecule has 4 aromatic rings. The summed E-state index contributed by atoms with van der Waals surface area (Å²) in [7, 11) is 0. The van der Waals surface area contributed by atoms with E-state index in [0.29, 0.717) is 61.9 Å². The Morgan fingerprint density at radius 2 is 0.857 bits per heavy atom. The Kier molecular flexibility index (Phi) is 13.6. The minimum Gasteiger partial charge on any atom is -0.507 e. The summed E-state index contributed by atoms with van der Waals surface area (Å²) in [6, 6.07) is 27.3. The SMILES string of the molecule is CC(C)(C)c1cc2c(O)c(c1)C(C)(C)OCCOCCOCCOC(C)(C)c1cc(C(C)(C)C)cc(c1O)C=N[C@H](c1ccccc1)[C@@H](c1ccccc1)N=C2. The first-order valence-corrected chi connectivity index (χ1v) is 19.7. The minimum absolute atomic E-state index is 0.114. The summed E-state index contributed by atoms with van der Waals surface area (Å²) in [5, 5.41) is 23.9. The van der Waals surface area contributed by atoms with Gasteiger partial charge in [0.2, 0.25) is 0 Å². The van der Waals surface area contributed by atoms with Crippen molar-refractivity contribution in [1.82, 2.24) is 0 Å². The molecule has 2 atom stereocenters. The fraction of sp³-hybridized carbons (Fsp3) is 0.458. The quantitative estimate of drug-likeness (QED) is 0.211. The molecule has 300 valence electrons. The first-order valence-electron chi connectivity index (χ1n) is 19.7. The maximum atomic E-state index is 11.9. The van der Waals surface area contributed by atoms with Crippen molar-refractivity contribution in [3.8, 4) is 11.5 Å². The number of rotatable bonds is 2. The van der Waals surface area contributed by atoms with Crippen LogP contribution < -0.4 is 0 Å². The number of ether oxygens (including phenoxy) is 4. The summed E-state index contributed by atoms with van der Waals surface area (Å²) in [4.78, 5) is 10.5. The highest BCUT2D eigenvalue weighted by atomic mass is 16.6. The standard InChI is InChI=1S/C48H62N2O6/c1-45(2,3)37-27-35-31-49-41(33-17-13-11-14-18-33)42(34-19-15-12-16-20-34)50-32-36-28-38(46(4,5)6)30-40(44(36)52)48(9,10)56-26-24-54-22-21-53-23-25-55-47(7,8)39(29-37)43(35)51/h11-20,27-32,41-42,51-52H,21-26H2,1-10H3/t41-,42-/m1/s1. The maximum Gasteiger partial charge on any atom is 0.130 e. The average molecular weight is 763 g/mol. The largest absolute Gasteiger partial charge is 0.507 e. The Labute approximate surface area is 334 Å². The van der Waals surface area contributed by atoms with Crippen LogP contribution in [0.4, 0.5) is 0 Å². The monoisotopic (exact) mass is 762 g/mol. The lowest BCUT2D eigenvalue weighted by Crippen LogP contribution is -2.26. The zero-order valence-electron chi connectivity index (χ0n) is 35.1. The van der Waals surface area contributed by atoms with E-state index in [1.54, 1.807) is 12.4 Å². The van der Waals surface area contributed by atoms with Crippen LogP contribution in [0.3, 0.4) is 0 Å². The highest BCUT2D eigenvalue weighted by Crippen LogP contribution is 2.42. The molecule has 0 fully saturated rings. The Morgan fingerprint density at radius 1 is 0.518 bits per heavy atom. The molecular formula is C48H62N2O6. The molecule has 0 spiro atoms. The first kappa shape index (κ1) is 42.8. The average Bonchev–Trinajstić information content (AvgIpc) is 3.14. The molecule has 1 heterocycles. The molecule has 0 radical (unpaired) electrons. The van der Waals surface area contributed by atoms with Crippen LogP contribution in [0.15, 0.2) is 94.9 Å². The second-order valence-corrected chi connectivity index (χ2v) is 17.6. The summed E-state index contributed by atoms with van der Waals surface area (Å²) < 4.78 is 24.4. The molecule has 0 saturated heterocycles. The number of aromatic hydroxyl groups is 2. The number of hydrogen-bond acceptors (Lipinski definition) is 8. The van der Waals surface area contributed by atoms with Gasteiger partial charge in [0, 0.05) is 34.7 Å². The second kappa shape index (κ2) is 17.9. The molecule has 4 aromatic carbocycles. The van der Waals surface area contributed by atoms with Crippen LogP contribution in [-0.4, -0.2) is 62.3 Å². The van der Waals surface area contributed by atoms with Crippen LogP contribution in [-0.2, 0) is 41.0 Å². The maximum absolute atomic E-state index is 11.9. The molecule has 8 heteroatoms. The van der Waals surface area contributed by atoms with Crippen molar-refractivity contribution in [2.45, 2.75) is 103 Å². The van der Waals surface area contributed by atoms with Gasteiger partial charge < -0.3 is 29.2 Å². The molecule has 0 amide bonds. The molecule has 0 aliphatic carbocycles. The molecule has 1 aliphatic rings. The smallest absolute Gasteiger partial charge is 0.130 e. The van der Waals surface area contributed by atoms with Crippen LogP contribution in [0, 0.1) is 0 Å². The summed E-state index contributed by atoms with van der Waals surface area (Å²) in [6.45, 7) is 23.0. The lowest BCUT2D eigenvalue weighted by atomic mass is 9.82. The van der Waals surface area contributed by atoms with Gasteiger partial charge in [-0.3, -0.25) is 9.98 Å². The Bertz CT molecular complexity index is 1810. The highest BCUT2D eigenvalue weighted by Gasteiger charge is 2.31. The fourth-order valence-electron chi connectivity index (χ4n) is 6.80. The summed E-state index contributed by atoms with van der Waals surface area (Å²) in [5.74, 6) is 0.228. The van der Waals surface area contributed by atoms with E-state index in [1.165, 1.54) is 0 Å². The highest BCUT2D eigenvalue weighted by molar-refractivity contribution is 5.86. The molecular weight excluding hydrogens is 701 g/mol. The van der Waals surface area contributed by atoms with Crippen molar-refractivity contribution in [2.24, 2.45) is 9.98 Å². The molecule has 5 rings (SSSR count). The van der Waals surface area contributed by atoms with E-state index in [1.807, 2.05) is 88.4 Å².